The lowest BCUT2D eigenvalue weighted by Crippen LogP contribution is -2.57. The zero-order valence-electron chi connectivity index (χ0n) is 15.0. The van der Waals surface area contributed by atoms with Gasteiger partial charge in [0.15, 0.2) is 0 Å². The van der Waals surface area contributed by atoms with E-state index in [0.717, 1.165) is 29.1 Å². The standard InChI is InChI=1S/C18H38OSi/c1-8-19-18(13-17-11-9-10-12-17)20(14(2)3,15(4)5)16(6)7/h14-18H,8-13H2,1-7H3. The Morgan fingerprint density at radius 1 is 0.900 bits per heavy atom. The molecule has 0 heterocycles. The van der Waals surface area contributed by atoms with E-state index < -0.39 is 8.07 Å². The molecule has 1 atom stereocenters. The van der Waals surface area contributed by atoms with Crippen molar-refractivity contribution in [2.45, 2.75) is 103 Å². The first kappa shape index (κ1) is 18.2. The fraction of sp³-hybridized carbons (Fsp3) is 1.00. The van der Waals surface area contributed by atoms with Gasteiger partial charge in [-0.25, -0.2) is 0 Å². The molecule has 120 valence electrons. The minimum absolute atomic E-state index is 0.565. The number of ether oxygens (including phenoxy) is 1. The van der Waals surface area contributed by atoms with Crippen LogP contribution in [-0.4, -0.2) is 20.4 Å². The van der Waals surface area contributed by atoms with Crippen LogP contribution in [0.2, 0.25) is 16.6 Å². The SMILES string of the molecule is CCOC(CC1CCCC1)[Si](C(C)C)(C(C)C)C(C)C. The summed E-state index contributed by atoms with van der Waals surface area (Å²) in [4.78, 5) is 0. The predicted molar refractivity (Wildman–Crippen MR) is 93.0 cm³/mol. The third kappa shape index (κ3) is 3.68. The highest BCUT2D eigenvalue weighted by Crippen LogP contribution is 2.47. The van der Waals surface area contributed by atoms with E-state index in [-0.39, 0.29) is 0 Å². The van der Waals surface area contributed by atoms with Crippen molar-refractivity contribution in [3.05, 3.63) is 0 Å². The summed E-state index contributed by atoms with van der Waals surface area (Å²) in [6, 6.07) is 0. The fourth-order valence-corrected chi connectivity index (χ4v) is 12.7. The van der Waals surface area contributed by atoms with Crippen molar-refractivity contribution in [1.29, 1.82) is 0 Å². The molecule has 20 heavy (non-hydrogen) atoms. The van der Waals surface area contributed by atoms with Crippen molar-refractivity contribution in [2.75, 3.05) is 6.61 Å². The van der Waals surface area contributed by atoms with Gasteiger partial charge in [-0.15, -0.1) is 0 Å². The average molecular weight is 299 g/mol. The van der Waals surface area contributed by atoms with Crippen molar-refractivity contribution in [1.82, 2.24) is 0 Å². The summed E-state index contributed by atoms with van der Waals surface area (Å²) in [5.41, 5.74) is 2.98. The average Bonchev–Trinajstić information content (AvgIpc) is 2.81. The highest BCUT2D eigenvalue weighted by atomic mass is 28.3. The molecule has 0 aromatic heterocycles. The minimum Gasteiger partial charge on any atom is -0.382 e. The topological polar surface area (TPSA) is 9.23 Å². The van der Waals surface area contributed by atoms with E-state index >= 15 is 0 Å². The Kier molecular flexibility index (Phi) is 7.27. The Morgan fingerprint density at radius 2 is 1.35 bits per heavy atom. The van der Waals surface area contributed by atoms with Crippen LogP contribution in [0.4, 0.5) is 0 Å². The van der Waals surface area contributed by atoms with Crippen molar-refractivity contribution >= 4 is 8.07 Å². The summed E-state index contributed by atoms with van der Waals surface area (Å²) in [6.45, 7) is 17.9. The molecule has 1 nitrogen and oxygen atoms in total. The zero-order chi connectivity index (χ0) is 15.3. The normalized spacial score (nSPS) is 19.5. The summed E-state index contributed by atoms with van der Waals surface area (Å²) in [5.74, 6) is 0.940. The van der Waals surface area contributed by atoms with Gasteiger partial charge in [-0.2, -0.15) is 0 Å². The molecule has 0 amide bonds. The van der Waals surface area contributed by atoms with Crippen LogP contribution in [0.15, 0.2) is 0 Å². The van der Waals surface area contributed by atoms with Crippen LogP contribution >= 0.6 is 0 Å². The van der Waals surface area contributed by atoms with E-state index in [2.05, 4.69) is 48.5 Å². The van der Waals surface area contributed by atoms with Crippen LogP contribution in [0.25, 0.3) is 0 Å². The molecule has 0 radical (unpaired) electrons. The highest BCUT2D eigenvalue weighted by molar-refractivity contribution is 6.84. The third-order valence-corrected chi connectivity index (χ3v) is 13.5. The largest absolute Gasteiger partial charge is 0.382 e. The van der Waals surface area contributed by atoms with Gasteiger partial charge in [0.25, 0.3) is 0 Å². The maximum atomic E-state index is 6.42. The van der Waals surface area contributed by atoms with E-state index in [0.29, 0.717) is 5.73 Å². The van der Waals surface area contributed by atoms with Crippen LogP contribution in [0.1, 0.15) is 80.6 Å². The van der Waals surface area contributed by atoms with E-state index in [1.54, 1.807) is 0 Å². The fourth-order valence-electron chi connectivity index (χ4n) is 5.28. The van der Waals surface area contributed by atoms with Crippen LogP contribution in [-0.2, 0) is 4.74 Å². The van der Waals surface area contributed by atoms with Gasteiger partial charge in [0.2, 0.25) is 0 Å². The molecule has 0 saturated heterocycles. The van der Waals surface area contributed by atoms with Gasteiger partial charge in [-0.05, 0) is 35.9 Å². The molecule has 1 aliphatic carbocycles. The molecule has 1 fully saturated rings. The monoisotopic (exact) mass is 298 g/mol. The minimum atomic E-state index is -1.47. The molecular formula is C18H38OSi. The molecular weight excluding hydrogens is 260 g/mol. The predicted octanol–water partition coefficient (Wildman–Crippen LogP) is 6.19. The van der Waals surface area contributed by atoms with E-state index in [1.165, 1.54) is 32.1 Å². The molecule has 1 aliphatic rings. The van der Waals surface area contributed by atoms with Crippen LogP contribution < -0.4 is 0 Å². The van der Waals surface area contributed by atoms with Gasteiger partial charge < -0.3 is 4.74 Å². The number of hydrogen-bond donors (Lipinski definition) is 0. The molecule has 0 N–H and O–H groups in total. The first-order chi connectivity index (χ1) is 9.37. The summed E-state index contributed by atoms with van der Waals surface area (Å²) in [6.07, 6.45) is 7.13. The van der Waals surface area contributed by atoms with Crippen molar-refractivity contribution in [2.24, 2.45) is 5.92 Å². The molecule has 0 aromatic carbocycles. The zero-order valence-corrected chi connectivity index (χ0v) is 16.0. The Hall–Kier alpha value is 0.177. The Balaban J connectivity index is 3.01. The second-order valence-corrected chi connectivity index (χ2v) is 13.9. The Morgan fingerprint density at radius 3 is 1.70 bits per heavy atom. The lowest BCUT2D eigenvalue weighted by molar-refractivity contribution is 0.0880. The lowest BCUT2D eigenvalue weighted by Gasteiger charge is -2.49. The van der Waals surface area contributed by atoms with Gasteiger partial charge in [-0.3, -0.25) is 0 Å². The van der Waals surface area contributed by atoms with E-state index in [4.69, 9.17) is 4.74 Å². The van der Waals surface area contributed by atoms with Gasteiger partial charge in [0, 0.05) is 12.3 Å². The van der Waals surface area contributed by atoms with Crippen LogP contribution in [0.5, 0.6) is 0 Å². The van der Waals surface area contributed by atoms with Crippen molar-refractivity contribution in [3.63, 3.8) is 0 Å². The lowest BCUT2D eigenvalue weighted by atomic mass is 10.1. The first-order valence-electron chi connectivity index (χ1n) is 8.98. The quantitative estimate of drug-likeness (QED) is 0.485. The van der Waals surface area contributed by atoms with E-state index in [1.807, 2.05) is 0 Å². The van der Waals surface area contributed by atoms with E-state index in [9.17, 15) is 0 Å². The molecule has 1 unspecified atom stereocenters. The molecule has 0 aromatic rings. The molecule has 0 aliphatic heterocycles. The highest BCUT2D eigenvalue weighted by Gasteiger charge is 2.50. The third-order valence-electron chi connectivity index (χ3n) is 5.95. The van der Waals surface area contributed by atoms with Gasteiger partial charge >= 0.3 is 0 Å². The second-order valence-electron chi connectivity index (χ2n) is 7.79. The molecule has 2 heteroatoms. The smallest absolute Gasteiger partial charge is 0.0951 e. The maximum Gasteiger partial charge on any atom is 0.0951 e. The first-order valence-corrected chi connectivity index (χ1v) is 11.3. The Labute approximate surface area is 128 Å². The second kappa shape index (κ2) is 7.98. The molecule has 0 spiro atoms. The van der Waals surface area contributed by atoms with Crippen LogP contribution in [0.3, 0.4) is 0 Å². The molecule has 0 bridgehead atoms. The molecule has 1 rings (SSSR count). The van der Waals surface area contributed by atoms with Crippen LogP contribution in [0, 0.1) is 5.92 Å². The summed E-state index contributed by atoms with van der Waals surface area (Å²) >= 11 is 0. The molecule has 1 saturated carbocycles. The summed E-state index contributed by atoms with van der Waals surface area (Å²) < 4.78 is 6.42. The maximum absolute atomic E-state index is 6.42. The number of hydrogen-bond acceptors (Lipinski definition) is 1. The Bertz CT molecular complexity index is 245. The van der Waals surface area contributed by atoms with Gasteiger partial charge in [-0.1, -0.05) is 67.2 Å². The van der Waals surface area contributed by atoms with Crippen molar-refractivity contribution < 1.29 is 4.74 Å². The summed E-state index contributed by atoms with van der Waals surface area (Å²) in [7, 11) is -1.47. The van der Waals surface area contributed by atoms with Gasteiger partial charge in [0.05, 0.1) is 8.07 Å². The summed E-state index contributed by atoms with van der Waals surface area (Å²) in [5, 5.41) is 0. The van der Waals surface area contributed by atoms with Crippen molar-refractivity contribution in [3.8, 4) is 0 Å². The van der Waals surface area contributed by atoms with Gasteiger partial charge in [0.1, 0.15) is 0 Å². The number of rotatable bonds is 8.